The molecular formula is C27H31NO2. The monoisotopic (exact) mass is 401 g/mol. The topological polar surface area (TPSA) is 29.5 Å². The van der Waals surface area contributed by atoms with E-state index in [0.717, 1.165) is 25.1 Å². The minimum Gasteiger partial charge on any atom is -0.469 e. The third-order valence-corrected chi connectivity index (χ3v) is 5.55. The summed E-state index contributed by atoms with van der Waals surface area (Å²) < 4.78 is 5.25. The van der Waals surface area contributed by atoms with E-state index in [1.807, 2.05) is 30.3 Å². The first-order chi connectivity index (χ1) is 14.7. The molecule has 2 atom stereocenters. The summed E-state index contributed by atoms with van der Waals surface area (Å²) in [5.41, 5.74) is 3.69. The van der Waals surface area contributed by atoms with Gasteiger partial charge in [-0.05, 0) is 42.5 Å². The molecule has 0 heterocycles. The fourth-order valence-electron chi connectivity index (χ4n) is 4.07. The van der Waals surface area contributed by atoms with E-state index in [2.05, 4.69) is 72.6 Å². The number of carbonyl (C=O) groups excluding carboxylic acids is 1. The molecule has 156 valence electrons. The Morgan fingerprint density at radius 1 is 0.767 bits per heavy atom. The van der Waals surface area contributed by atoms with Crippen molar-refractivity contribution in [2.24, 2.45) is 11.8 Å². The third-order valence-electron chi connectivity index (χ3n) is 5.55. The highest BCUT2D eigenvalue weighted by Crippen LogP contribution is 2.25. The lowest BCUT2D eigenvalue weighted by atomic mass is 9.82. The number of nitrogens with zero attached hydrogens (tertiary/aromatic N) is 1. The lowest BCUT2D eigenvalue weighted by molar-refractivity contribution is -0.147. The summed E-state index contributed by atoms with van der Waals surface area (Å²) in [5, 5.41) is 0. The number of esters is 1. The number of methoxy groups -OCH3 is 1. The Morgan fingerprint density at radius 3 is 1.73 bits per heavy atom. The number of hydrogen-bond donors (Lipinski definition) is 0. The lowest BCUT2D eigenvalue weighted by Crippen LogP contribution is -2.36. The highest BCUT2D eigenvalue weighted by Gasteiger charge is 2.30. The highest BCUT2D eigenvalue weighted by molar-refractivity contribution is 5.73. The summed E-state index contributed by atoms with van der Waals surface area (Å²) in [6.07, 6.45) is 1.52. The number of ether oxygens (including phenoxy) is 1. The molecule has 30 heavy (non-hydrogen) atoms. The van der Waals surface area contributed by atoms with Crippen molar-refractivity contribution in [1.29, 1.82) is 0 Å². The van der Waals surface area contributed by atoms with Gasteiger partial charge in [0.25, 0.3) is 0 Å². The molecule has 0 bridgehead atoms. The van der Waals surface area contributed by atoms with E-state index in [1.54, 1.807) is 0 Å². The predicted octanol–water partition coefficient (Wildman–Crippen LogP) is 5.01. The van der Waals surface area contributed by atoms with Crippen molar-refractivity contribution in [3.05, 3.63) is 108 Å². The predicted molar refractivity (Wildman–Crippen MR) is 122 cm³/mol. The minimum absolute atomic E-state index is 0.132. The molecule has 0 saturated heterocycles. The summed E-state index contributed by atoms with van der Waals surface area (Å²) >= 11 is 0. The average molecular weight is 402 g/mol. The van der Waals surface area contributed by atoms with Gasteiger partial charge in [0, 0.05) is 13.1 Å². The quantitative estimate of drug-likeness (QED) is 0.447. The second-order valence-corrected chi connectivity index (χ2v) is 7.95. The van der Waals surface area contributed by atoms with Crippen LogP contribution >= 0.6 is 0 Å². The first-order valence-electron chi connectivity index (χ1n) is 10.5. The van der Waals surface area contributed by atoms with Crippen LogP contribution in [0, 0.1) is 11.8 Å². The van der Waals surface area contributed by atoms with Gasteiger partial charge >= 0.3 is 5.97 Å². The van der Waals surface area contributed by atoms with Crippen LogP contribution in [0.4, 0.5) is 0 Å². The standard InChI is InChI=1S/C27H31NO2/c1-28(20-24-16-10-5-11-17-24)21-25(18-22-12-6-3-7-13-22)26(27(29)30-2)19-23-14-8-4-9-15-23/h3-17,25-26H,18-21H2,1-2H3. The fourth-order valence-corrected chi connectivity index (χ4v) is 4.07. The first-order valence-corrected chi connectivity index (χ1v) is 10.5. The Hall–Kier alpha value is -2.91. The molecule has 2 unspecified atom stereocenters. The molecular weight excluding hydrogens is 370 g/mol. The van der Waals surface area contributed by atoms with Gasteiger partial charge in [0.2, 0.25) is 0 Å². The van der Waals surface area contributed by atoms with Crippen molar-refractivity contribution < 1.29 is 9.53 Å². The molecule has 0 N–H and O–H groups in total. The molecule has 0 aliphatic rings. The van der Waals surface area contributed by atoms with Crippen LogP contribution in [0.15, 0.2) is 91.0 Å². The Labute approximate surface area is 180 Å². The second kappa shape index (κ2) is 11.3. The van der Waals surface area contributed by atoms with Gasteiger partial charge in [-0.15, -0.1) is 0 Å². The van der Waals surface area contributed by atoms with E-state index in [0.29, 0.717) is 6.42 Å². The second-order valence-electron chi connectivity index (χ2n) is 7.95. The zero-order chi connectivity index (χ0) is 21.2. The smallest absolute Gasteiger partial charge is 0.309 e. The summed E-state index contributed by atoms with van der Waals surface area (Å²) in [5.74, 6) is -0.183. The van der Waals surface area contributed by atoms with E-state index in [1.165, 1.54) is 18.2 Å². The van der Waals surface area contributed by atoms with Gasteiger partial charge in [-0.25, -0.2) is 0 Å². The molecule has 0 spiro atoms. The molecule has 3 aromatic carbocycles. The maximum absolute atomic E-state index is 12.8. The maximum Gasteiger partial charge on any atom is 0.309 e. The van der Waals surface area contributed by atoms with Crippen molar-refractivity contribution in [2.45, 2.75) is 19.4 Å². The van der Waals surface area contributed by atoms with Gasteiger partial charge in [-0.1, -0.05) is 91.0 Å². The summed E-state index contributed by atoms with van der Waals surface area (Å²) in [4.78, 5) is 15.2. The van der Waals surface area contributed by atoms with Crippen molar-refractivity contribution in [3.8, 4) is 0 Å². The van der Waals surface area contributed by atoms with Crippen LogP contribution < -0.4 is 0 Å². The van der Waals surface area contributed by atoms with E-state index < -0.39 is 0 Å². The fraction of sp³-hybridized carbons (Fsp3) is 0.296. The summed E-state index contributed by atoms with van der Waals surface area (Å²) in [6, 6.07) is 31.1. The van der Waals surface area contributed by atoms with Crippen molar-refractivity contribution in [2.75, 3.05) is 20.7 Å². The molecule has 3 rings (SSSR count). The van der Waals surface area contributed by atoms with E-state index in [-0.39, 0.29) is 17.8 Å². The molecule has 3 nitrogen and oxygen atoms in total. The van der Waals surface area contributed by atoms with Gasteiger partial charge in [0.15, 0.2) is 0 Å². The van der Waals surface area contributed by atoms with Crippen LogP contribution in [0.2, 0.25) is 0 Å². The minimum atomic E-state index is -0.198. The Bertz CT molecular complexity index is 881. The Morgan fingerprint density at radius 2 is 1.23 bits per heavy atom. The van der Waals surface area contributed by atoms with Crippen LogP contribution in [0.5, 0.6) is 0 Å². The number of rotatable bonds is 10. The van der Waals surface area contributed by atoms with Crippen molar-refractivity contribution in [3.63, 3.8) is 0 Å². The van der Waals surface area contributed by atoms with Gasteiger partial charge in [-0.3, -0.25) is 4.79 Å². The maximum atomic E-state index is 12.8. The Balaban J connectivity index is 1.82. The summed E-state index contributed by atoms with van der Waals surface area (Å²) in [6.45, 7) is 1.67. The van der Waals surface area contributed by atoms with E-state index >= 15 is 0 Å². The molecule has 0 aromatic heterocycles. The largest absolute Gasteiger partial charge is 0.469 e. The third kappa shape index (κ3) is 6.57. The van der Waals surface area contributed by atoms with Gasteiger partial charge in [0.05, 0.1) is 13.0 Å². The number of carbonyl (C=O) groups is 1. The van der Waals surface area contributed by atoms with Gasteiger partial charge in [-0.2, -0.15) is 0 Å². The molecule has 0 radical (unpaired) electrons. The van der Waals surface area contributed by atoms with Crippen LogP contribution in [0.1, 0.15) is 16.7 Å². The Kier molecular flexibility index (Phi) is 8.22. The van der Waals surface area contributed by atoms with E-state index in [4.69, 9.17) is 4.74 Å². The van der Waals surface area contributed by atoms with Crippen molar-refractivity contribution >= 4 is 5.97 Å². The van der Waals surface area contributed by atoms with Crippen LogP contribution in [0.3, 0.4) is 0 Å². The lowest BCUT2D eigenvalue weighted by Gasteiger charge is -2.30. The number of hydrogen-bond acceptors (Lipinski definition) is 3. The molecule has 0 aliphatic heterocycles. The van der Waals surface area contributed by atoms with Crippen LogP contribution in [0.25, 0.3) is 0 Å². The zero-order valence-electron chi connectivity index (χ0n) is 17.9. The first kappa shape index (κ1) is 21.8. The van der Waals surface area contributed by atoms with E-state index in [9.17, 15) is 4.79 Å². The van der Waals surface area contributed by atoms with Gasteiger partial charge in [0.1, 0.15) is 0 Å². The van der Waals surface area contributed by atoms with Crippen LogP contribution in [-0.2, 0) is 28.9 Å². The molecule has 0 amide bonds. The van der Waals surface area contributed by atoms with Gasteiger partial charge < -0.3 is 9.64 Å². The molecule has 3 aromatic rings. The molecule has 0 fully saturated rings. The number of benzene rings is 3. The SMILES string of the molecule is COC(=O)C(Cc1ccccc1)C(Cc1ccccc1)CN(C)Cc1ccccc1. The van der Waals surface area contributed by atoms with Crippen LogP contribution in [-0.4, -0.2) is 31.6 Å². The summed E-state index contributed by atoms with van der Waals surface area (Å²) in [7, 11) is 3.62. The molecule has 0 saturated carbocycles. The highest BCUT2D eigenvalue weighted by atomic mass is 16.5. The zero-order valence-corrected chi connectivity index (χ0v) is 17.9. The van der Waals surface area contributed by atoms with Crippen molar-refractivity contribution in [1.82, 2.24) is 4.90 Å². The molecule has 0 aliphatic carbocycles. The molecule has 3 heteroatoms. The average Bonchev–Trinajstić information content (AvgIpc) is 2.78. The normalized spacial score (nSPS) is 13.0.